The molecule has 254 valence electrons. The lowest BCUT2D eigenvalue weighted by molar-refractivity contribution is 0.0964. The molecule has 7 aromatic rings. The molecular formula is C36H32FN5O6PS+. The summed E-state index contributed by atoms with van der Waals surface area (Å²) in [5, 5.41) is 3.48. The molecule has 0 radical (unpaired) electrons. The van der Waals surface area contributed by atoms with E-state index in [0.29, 0.717) is 66.8 Å². The van der Waals surface area contributed by atoms with Gasteiger partial charge in [0.05, 0.1) is 46.4 Å². The summed E-state index contributed by atoms with van der Waals surface area (Å²) >= 11 is 0. The number of pyridine rings is 1. The molecule has 1 atom stereocenters. The summed E-state index contributed by atoms with van der Waals surface area (Å²) in [7, 11) is -2.90. The Labute approximate surface area is 287 Å². The third-order valence-electron chi connectivity index (χ3n) is 8.65. The first kappa shape index (κ1) is 33.3. The number of sulfonamides is 1. The minimum Gasteiger partial charge on any atom is -0.455 e. The fraction of sp³-hybridized carbons (Fsp3) is 0.194. The van der Waals surface area contributed by atoms with Crippen LogP contribution in [0.5, 0.6) is 0 Å². The van der Waals surface area contributed by atoms with Crippen LogP contribution in [-0.4, -0.2) is 55.7 Å². The maximum absolute atomic E-state index is 15.1. The van der Waals surface area contributed by atoms with E-state index in [0.717, 1.165) is 16.1 Å². The van der Waals surface area contributed by atoms with Gasteiger partial charge in [0.1, 0.15) is 22.7 Å². The SMILES string of the molecule is CCO[P+](=O)Cc1nc2ccc(-c3cc4c(C(=O)NC)c(-c5ccc(C)cc5)oc4cc3N(C)S(C)(=O)=O)nc2c2cc3c(F)cccc3n12. The van der Waals surface area contributed by atoms with Crippen molar-refractivity contribution in [2.45, 2.75) is 20.0 Å². The molecular weight excluding hydrogens is 680 g/mol. The fourth-order valence-electron chi connectivity index (χ4n) is 6.16. The van der Waals surface area contributed by atoms with Gasteiger partial charge in [-0.2, -0.15) is 0 Å². The van der Waals surface area contributed by atoms with Crippen molar-refractivity contribution >= 4 is 68.1 Å². The maximum Gasteiger partial charge on any atom is 0.516 e. The minimum absolute atomic E-state index is 0.0102. The highest BCUT2D eigenvalue weighted by Gasteiger charge is 2.28. The predicted molar refractivity (Wildman–Crippen MR) is 193 cm³/mol. The predicted octanol–water partition coefficient (Wildman–Crippen LogP) is 7.60. The molecule has 0 fully saturated rings. The topological polar surface area (TPSA) is 136 Å². The van der Waals surface area contributed by atoms with Gasteiger partial charge in [0.25, 0.3) is 5.91 Å². The van der Waals surface area contributed by atoms with Crippen LogP contribution < -0.4 is 9.62 Å². The molecule has 0 spiro atoms. The molecule has 1 N–H and O–H groups in total. The van der Waals surface area contributed by atoms with E-state index < -0.39 is 23.9 Å². The molecule has 14 heteroatoms. The van der Waals surface area contributed by atoms with Crippen LogP contribution in [0.3, 0.4) is 0 Å². The van der Waals surface area contributed by atoms with Crippen LogP contribution in [0, 0.1) is 12.7 Å². The average Bonchev–Trinajstić information content (AvgIpc) is 3.67. The van der Waals surface area contributed by atoms with Crippen molar-refractivity contribution in [3.8, 4) is 22.6 Å². The molecule has 0 aliphatic heterocycles. The number of hydrogen-bond acceptors (Lipinski definition) is 8. The summed E-state index contributed by atoms with van der Waals surface area (Å²) in [5.41, 5.74) is 5.23. The van der Waals surface area contributed by atoms with E-state index in [1.807, 2.05) is 31.2 Å². The van der Waals surface area contributed by atoms with Crippen molar-refractivity contribution in [2.75, 3.05) is 31.3 Å². The molecule has 7 rings (SSSR count). The van der Waals surface area contributed by atoms with Crippen LogP contribution in [0.25, 0.3) is 61.0 Å². The number of rotatable bonds is 9. The summed E-state index contributed by atoms with van der Waals surface area (Å²) in [4.78, 5) is 23.2. The van der Waals surface area contributed by atoms with Gasteiger partial charge in [-0.25, -0.2) is 22.8 Å². The summed E-state index contributed by atoms with van der Waals surface area (Å²) in [5.74, 6) is -0.0778. The van der Waals surface area contributed by atoms with Crippen molar-refractivity contribution in [1.29, 1.82) is 0 Å². The number of amides is 1. The van der Waals surface area contributed by atoms with E-state index in [2.05, 4.69) is 5.32 Å². The number of halogens is 1. The number of nitrogens with zero attached hydrogens (tertiary/aromatic N) is 4. The Balaban J connectivity index is 1.53. The molecule has 1 unspecified atom stereocenters. The van der Waals surface area contributed by atoms with Crippen LogP contribution in [0.1, 0.15) is 28.7 Å². The molecule has 0 aliphatic rings. The van der Waals surface area contributed by atoms with Gasteiger partial charge in [-0.3, -0.25) is 13.5 Å². The molecule has 3 aromatic carbocycles. The highest BCUT2D eigenvalue weighted by atomic mass is 32.2. The highest BCUT2D eigenvalue weighted by molar-refractivity contribution is 7.92. The summed E-state index contributed by atoms with van der Waals surface area (Å²) in [6.07, 6.45) is 1.08. The number of benzene rings is 3. The summed E-state index contributed by atoms with van der Waals surface area (Å²) in [6, 6.07) is 20.6. The lowest BCUT2D eigenvalue weighted by Gasteiger charge is -2.20. The number of fused-ring (bicyclic) bond motifs is 6. The number of furan rings is 1. The second-order valence-electron chi connectivity index (χ2n) is 11.9. The van der Waals surface area contributed by atoms with E-state index in [1.54, 1.807) is 53.8 Å². The van der Waals surface area contributed by atoms with Crippen LogP contribution >= 0.6 is 8.03 Å². The van der Waals surface area contributed by atoms with Crippen LogP contribution in [0.15, 0.2) is 77.2 Å². The van der Waals surface area contributed by atoms with Gasteiger partial charge < -0.3 is 9.73 Å². The van der Waals surface area contributed by atoms with Gasteiger partial charge in [-0.05, 0) is 54.8 Å². The van der Waals surface area contributed by atoms with Gasteiger partial charge >= 0.3 is 8.03 Å². The number of carbonyl (C=O) groups excluding carboxylic acids is 1. The average molecular weight is 713 g/mol. The quantitative estimate of drug-likeness (QED) is 0.151. The fourth-order valence-corrected chi connectivity index (χ4v) is 7.49. The summed E-state index contributed by atoms with van der Waals surface area (Å²) in [6.45, 7) is 3.97. The van der Waals surface area contributed by atoms with Crippen molar-refractivity contribution < 1.29 is 31.1 Å². The van der Waals surface area contributed by atoms with E-state index in [-0.39, 0.29) is 29.9 Å². The molecule has 11 nitrogen and oxygen atoms in total. The first-order valence-corrected chi connectivity index (χ1v) is 18.9. The molecule has 1 amide bonds. The van der Waals surface area contributed by atoms with Crippen molar-refractivity contribution in [3.63, 3.8) is 0 Å². The van der Waals surface area contributed by atoms with E-state index in [1.165, 1.54) is 20.2 Å². The molecule has 0 saturated heterocycles. The number of nitrogens with one attached hydrogen (secondary N) is 1. The minimum atomic E-state index is -3.77. The van der Waals surface area contributed by atoms with Crippen molar-refractivity contribution in [3.05, 3.63) is 95.6 Å². The van der Waals surface area contributed by atoms with E-state index >= 15 is 4.39 Å². The Morgan fingerprint density at radius 2 is 1.80 bits per heavy atom. The Morgan fingerprint density at radius 1 is 1.04 bits per heavy atom. The molecule has 0 aliphatic carbocycles. The second-order valence-corrected chi connectivity index (χ2v) is 15.1. The second kappa shape index (κ2) is 12.6. The molecule has 0 saturated carbocycles. The molecule has 4 aromatic heterocycles. The third kappa shape index (κ3) is 5.67. The van der Waals surface area contributed by atoms with Gasteiger partial charge in [0.2, 0.25) is 16.2 Å². The highest BCUT2D eigenvalue weighted by Crippen LogP contribution is 2.42. The normalized spacial score (nSPS) is 12.3. The lowest BCUT2D eigenvalue weighted by Crippen LogP contribution is -2.25. The van der Waals surface area contributed by atoms with Crippen LogP contribution in [0.4, 0.5) is 10.1 Å². The summed E-state index contributed by atoms with van der Waals surface area (Å²) < 4.78 is 68.3. The van der Waals surface area contributed by atoms with Gasteiger partial charge in [-0.15, -0.1) is 4.52 Å². The van der Waals surface area contributed by atoms with Crippen molar-refractivity contribution in [2.24, 2.45) is 0 Å². The van der Waals surface area contributed by atoms with Gasteiger partial charge in [-0.1, -0.05) is 35.9 Å². The van der Waals surface area contributed by atoms with Crippen LogP contribution in [0.2, 0.25) is 0 Å². The Bertz CT molecular complexity index is 2640. The standard InChI is InChI=1S/C36H31FN5O6PS/c1-6-47-49(44)19-32-39-27-15-14-26(40-34(27)30-17-22-25(37)8-7-9-28(22)42(30)32)23-16-24-31(18-29(23)41(4)50(5,45)46)48-35(33(24)36(43)38-3)21-12-10-20(2)11-13-21/h7-18H,6,19H2,1-5H3/p+1. The number of aromatic nitrogens is 3. The third-order valence-corrected chi connectivity index (χ3v) is 10.9. The van der Waals surface area contributed by atoms with Gasteiger partial charge in [0, 0.05) is 42.1 Å². The smallest absolute Gasteiger partial charge is 0.455 e. The largest absolute Gasteiger partial charge is 0.516 e. The zero-order valence-corrected chi connectivity index (χ0v) is 29.5. The lowest BCUT2D eigenvalue weighted by atomic mass is 10.00. The monoisotopic (exact) mass is 712 g/mol. The Kier molecular flexibility index (Phi) is 8.37. The Hall–Kier alpha value is -5.23. The number of anilines is 1. The number of aryl methyl sites for hydroxylation is 1. The van der Waals surface area contributed by atoms with Crippen molar-refractivity contribution in [1.82, 2.24) is 19.7 Å². The number of hydrogen-bond donors (Lipinski definition) is 1. The number of carbonyl (C=O) groups is 1. The molecule has 50 heavy (non-hydrogen) atoms. The first-order chi connectivity index (χ1) is 23.9. The Morgan fingerprint density at radius 3 is 2.50 bits per heavy atom. The van der Waals surface area contributed by atoms with E-state index in [9.17, 15) is 17.8 Å². The zero-order valence-electron chi connectivity index (χ0n) is 27.8. The zero-order chi connectivity index (χ0) is 35.5. The van der Waals surface area contributed by atoms with Crippen LogP contribution in [-0.2, 0) is 25.3 Å². The van der Waals surface area contributed by atoms with E-state index in [4.69, 9.17) is 18.9 Å². The molecule has 4 heterocycles. The molecule has 0 bridgehead atoms. The van der Waals surface area contributed by atoms with Gasteiger partial charge in [0.15, 0.2) is 5.82 Å². The first-order valence-electron chi connectivity index (χ1n) is 15.7. The maximum atomic E-state index is 15.1.